The van der Waals surface area contributed by atoms with Crippen molar-refractivity contribution in [1.29, 1.82) is 0 Å². The van der Waals surface area contributed by atoms with Gasteiger partial charge in [0, 0.05) is 0 Å². The maximum absolute atomic E-state index is 5.01. The molecule has 0 bridgehead atoms. The van der Waals surface area contributed by atoms with Crippen molar-refractivity contribution in [2.24, 2.45) is 5.41 Å². The average Bonchev–Trinajstić information content (AvgIpc) is 2.05. The monoisotopic (exact) mass is 172 g/mol. The molecule has 0 aliphatic rings. The molecule has 0 saturated carbocycles. The van der Waals surface area contributed by atoms with Crippen molar-refractivity contribution in [3.05, 3.63) is 0 Å². The molecule has 0 amide bonds. The van der Waals surface area contributed by atoms with E-state index < -0.39 is 0 Å². The van der Waals surface area contributed by atoms with Crippen molar-refractivity contribution in [3.8, 4) is 0 Å². The Bertz CT molecular complexity index is 109. The predicted molar refractivity (Wildman–Crippen MR) is 56.2 cm³/mol. The van der Waals surface area contributed by atoms with Gasteiger partial charge in [0.2, 0.25) is 0 Å². The number of thiocarbonyl (C=S) groups is 1. The molecule has 66 valence electrons. The maximum atomic E-state index is 5.01. The first kappa shape index (κ1) is 11.1. The van der Waals surface area contributed by atoms with Crippen molar-refractivity contribution in [2.75, 3.05) is 0 Å². The summed E-state index contributed by atoms with van der Waals surface area (Å²) in [5.41, 5.74) is 0.324. The molecule has 1 unspecified atom stereocenters. The topological polar surface area (TPSA) is 0 Å². The summed E-state index contributed by atoms with van der Waals surface area (Å²) < 4.78 is 0. The van der Waals surface area contributed by atoms with Gasteiger partial charge < -0.3 is 0 Å². The summed E-state index contributed by atoms with van der Waals surface area (Å²) in [4.78, 5) is 0. The lowest BCUT2D eigenvalue weighted by atomic mass is 9.84. The highest BCUT2D eigenvalue weighted by atomic mass is 32.1. The molecule has 0 aromatic rings. The molecule has 0 heterocycles. The highest BCUT2D eigenvalue weighted by molar-refractivity contribution is 7.79. The molecule has 0 radical (unpaired) electrons. The van der Waals surface area contributed by atoms with Crippen LogP contribution < -0.4 is 0 Å². The summed E-state index contributed by atoms with van der Waals surface area (Å²) in [7, 11) is 0. The summed E-state index contributed by atoms with van der Waals surface area (Å²) in [6.07, 6.45) is 6.42. The van der Waals surface area contributed by atoms with E-state index >= 15 is 0 Å². The highest BCUT2D eigenvalue weighted by Gasteiger charge is 2.16. The summed E-state index contributed by atoms with van der Waals surface area (Å²) >= 11 is 5.01. The van der Waals surface area contributed by atoms with Crippen LogP contribution in [0.2, 0.25) is 0 Å². The minimum atomic E-state index is 0.324. The largest absolute Gasteiger partial charge is 0.0929 e. The van der Waals surface area contributed by atoms with Crippen LogP contribution in [0.5, 0.6) is 0 Å². The van der Waals surface area contributed by atoms with Gasteiger partial charge in [-0.3, -0.25) is 0 Å². The van der Waals surface area contributed by atoms with Crippen LogP contribution in [0.25, 0.3) is 0 Å². The maximum Gasteiger partial charge on any atom is -0.00445 e. The van der Waals surface area contributed by atoms with Crippen molar-refractivity contribution >= 4 is 17.6 Å². The van der Waals surface area contributed by atoms with Crippen LogP contribution in [-0.4, -0.2) is 5.37 Å². The zero-order chi connectivity index (χ0) is 8.74. The van der Waals surface area contributed by atoms with E-state index in [1.165, 1.54) is 32.1 Å². The fourth-order valence-electron chi connectivity index (χ4n) is 1.10. The van der Waals surface area contributed by atoms with Crippen molar-refractivity contribution in [2.45, 2.75) is 52.9 Å². The third-order valence-corrected chi connectivity index (χ3v) is 3.01. The van der Waals surface area contributed by atoms with Crippen LogP contribution in [-0.2, 0) is 0 Å². The summed E-state index contributed by atoms with van der Waals surface area (Å²) in [5.74, 6) is 0. The van der Waals surface area contributed by atoms with E-state index in [0.29, 0.717) is 5.41 Å². The van der Waals surface area contributed by atoms with Gasteiger partial charge in [0.1, 0.15) is 0 Å². The second kappa shape index (κ2) is 5.70. The second-order valence-electron chi connectivity index (χ2n) is 3.58. The quantitative estimate of drug-likeness (QED) is 0.431. The number of rotatable bonds is 6. The van der Waals surface area contributed by atoms with Gasteiger partial charge >= 0.3 is 0 Å². The van der Waals surface area contributed by atoms with Crippen molar-refractivity contribution < 1.29 is 0 Å². The molecule has 0 aromatic heterocycles. The Morgan fingerprint density at radius 1 is 1.27 bits per heavy atom. The Kier molecular flexibility index (Phi) is 5.75. The van der Waals surface area contributed by atoms with E-state index in [1.54, 1.807) is 0 Å². The van der Waals surface area contributed by atoms with E-state index in [1.807, 2.05) is 5.37 Å². The molecule has 0 spiro atoms. The van der Waals surface area contributed by atoms with Crippen LogP contribution in [0.15, 0.2) is 0 Å². The van der Waals surface area contributed by atoms with Crippen molar-refractivity contribution in [1.82, 2.24) is 0 Å². The zero-order valence-electron chi connectivity index (χ0n) is 8.02. The molecule has 0 aliphatic heterocycles. The number of hydrogen-bond donors (Lipinski definition) is 0. The molecule has 1 heteroatoms. The third kappa shape index (κ3) is 4.52. The number of hydrogen-bond acceptors (Lipinski definition) is 1. The van der Waals surface area contributed by atoms with Gasteiger partial charge in [-0.1, -0.05) is 52.3 Å². The molecule has 11 heavy (non-hydrogen) atoms. The minimum absolute atomic E-state index is 0.324. The Morgan fingerprint density at radius 2 is 1.91 bits per heavy atom. The zero-order valence-corrected chi connectivity index (χ0v) is 8.84. The standard InChI is InChI=1S/C10H20S/c1-4-6-7-8-10(3,5-2)9-11/h9H,4-8H2,1-3H3. The van der Waals surface area contributed by atoms with Crippen LogP contribution >= 0.6 is 12.2 Å². The first-order chi connectivity index (χ1) is 5.18. The molecule has 0 saturated heterocycles. The smallest absolute Gasteiger partial charge is 0.00445 e. The fourth-order valence-corrected chi connectivity index (χ4v) is 1.38. The van der Waals surface area contributed by atoms with Crippen LogP contribution in [0.4, 0.5) is 0 Å². The van der Waals surface area contributed by atoms with E-state index in [2.05, 4.69) is 20.8 Å². The lowest BCUT2D eigenvalue weighted by Crippen LogP contribution is -2.15. The molecule has 0 aliphatic carbocycles. The van der Waals surface area contributed by atoms with Crippen LogP contribution in [0, 0.1) is 5.41 Å². The Labute approximate surface area is 76.4 Å². The summed E-state index contributed by atoms with van der Waals surface area (Å²) in [5, 5.41) is 1.95. The number of unbranched alkanes of at least 4 members (excludes halogenated alkanes) is 2. The molecule has 0 nitrogen and oxygen atoms in total. The predicted octanol–water partition coefficient (Wildman–Crippen LogP) is 3.98. The lowest BCUT2D eigenvalue weighted by Gasteiger charge is -2.22. The lowest BCUT2D eigenvalue weighted by molar-refractivity contribution is 0.405. The Balaban J connectivity index is 3.60. The molecule has 0 rings (SSSR count). The van der Waals surface area contributed by atoms with Gasteiger partial charge in [-0.2, -0.15) is 0 Å². The first-order valence-corrected chi connectivity index (χ1v) is 5.12. The van der Waals surface area contributed by atoms with E-state index in [0.717, 1.165) is 0 Å². The van der Waals surface area contributed by atoms with Gasteiger partial charge in [-0.15, -0.1) is 0 Å². The van der Waals surface area contributed by atoms with Gasteiger partial charge in [0.25, 0.3) is 0 Å². The Hall–Kier alpha value is 0.0900. The molecule has 0 N–H and O–H groups in total. The SMILES string of the molecule is CCCCCC(C)(C=S)CC. The second-order valence-corrected chi connectivity index (χ2v) is 3.82. The van der Waals surface area contributed by atoms with Gasteiger partial charge in [0.05, 0.1) is 0 Å². The van der Waals surface area contributed by atoms with Gasteiger partial charge in [0.15, 0.2) is 0 Å². The summed E-state index contributed by atoms with van der Waals surface area (Å²) in [6, 6.07) is 0. The van der Waals surface area contributed by atoms with Gasteiger partial charge in [-0.05, 0) is 23.6 Å². The van der Waals surface area contributed by atoms with E-state index in [4.69, 9.17) is 12.2 Å². The summed E-state index contributed by atoms with van der Waals surface area (Å²) in [6.45, 7) is 6.71. The third-order valence-electron chi connectivity index (χ3n) is 2.44. The van der Waals surface area contributed by atoms with E-state index in [-0.39, 0.29) is 0 Å². The molecule has 0 fully saturated rings. The molecule has 0 aromatic carbocycles. The fraction of sp³-hybridized carbons (Fsp3) is 0.900. The molecule has 1 atom stereocenters. The van der Waals surface area contributed by atoms with E-state index in [9.17, 15) is 0 Å². The highest BCUT2D eigenvalue weighted by Crippen LogP contribution is 2.25. The molecular formula is C10H20S. The first-order valence-electron chi connectivity index (χ1n) is 4.65. The van der Waals surface area contributed by atoms with Gasteiger partial charge in [-0.25, -0.2) is 0 Å². The normalized spacial score (nSPS) is 15.9. The van der Waals surface area contributed by atoms with Crippen LogP contribution in [0.1, 0.15) is 52.9 Å². The average molecular weight is 172 g/mol. The van der Waals surface area contributed by atoms with Crippen LogP contribution in [0.3, 0.4) is 0 Å². The minimum Gasteiger partial charge on any atom is -0.0929 e. The Morgan fingerprint density at radius 3 is 2.27 bits per heavy atom. The molecular weight excluding hydrogens is 152 g/mol. The van der Waals surface area contributed by atoms with Crippen molar-refractivity contribution in [3.63, 3.8) is 0 Å².